The van der Waals surface area contributed by atoms with E-state index < -0.39 is 26.7 Å². The number of carbonyl (C=O) groups is 1. The normalized spacial score (nSPS) is 17.2. The van der Waals surface area contributed by atoms with Crippen LogP contribution in [0.15, 0.2) is 34.0 Å². The van der Waals surface area contributed by atoms with Gasteiger partial charge in [-0.15, -0.1) is 0 Å². The van der Waals surface area contributed by atoms with Crippen LogP contribution >= 0.6 is 0 Å². The van der Waals surface area contributed by atoms with Crippen molar-refractivity contribution in [2.24, 2.45) is 5.92 Å². The monoisotopic (exact) mass is 418 g/mol. The number of aryl methyl sites for hydroxylation is 1. The predicted molar refractivity (Wildman–Crippen MR) is 108 cm³/mol. The van der Waals surface area contributed by atoms with Crippen molar-refractivity contribution in [3.05, 3.63) is 46.7 Å². The van der Waals surface area contributed by atoms with E-state index in [2.05, 4.69) is 18.3 Å². The molecule has 3 N–H and O–H groups in total. The second-order valence-corrected chi connectivity index (χ2v) is 10.2. The van der Waals surface area contributed by atoms with Crippen molar-refractivity contribution in [2.45, 2.75) is 63.1 Å². The van der Waals surface area contributed by atoms with Gasteiger partial charge in [0.05, 0.1) is 11.9 Å². The Kier molecular flexibility index (Phi) is 4.74. The number of hydrogen-bond acceptors (Lipinski definition) is 5. The zero-order valence-corrected chi connectivity index (χ0v) is 17.6. The molecule has 156 valence electrons. The number of fused-ring (bicyclic) bond motifs is 1. The van der Waals surface area contributed by atoms with Crippen LogP contribution in [0.5, 0.6) is 0 Å². The van der Waals surface area contributed by atoms with Gasteiger partial charge in [0.15, 0.2) is 0 Å². The maximum Gasteiger partial charge on any atom is 0.333 e. The summed E-state index contributed by atoms with van der Waals surface area (Å²) in [4.78, 5) is 12.6. The van der Waals surface area contributed by atoms with Crippen LogP contribution in [-0.2, 0) is 28.5 Å². The number of hydrogen-bond donors (Lipinski definition) is 3. The van der Waals surface area contributed by atoms with Crippen molar-refractivity contribution in [3.63, 3.8) is 0 Å². The number of nitrogens with one attached hydrogen (secondary N) is 2. The summed E-state index contributed by atoms with van der Waals surface area (Å²) in [7, 11) is -4.20. The minimum absolute atomic E-state index is 0.309. The van der Waals surface area contributed by atoms with Crippen molar-refractivity contribution in [3.8, 4) is 0 Å². The molecule has 1 saturated carbocycles. The molecule has 2 aromatic rings. The van der Waals surface area contributed by atoms with Gasteiger partial charge < -0.3 is 14.8 Å². The summed E-state index contributed by atoms with van der Waals surface area (Å²) in [6, 6.07) is 4.54. The maximum atomic E-state index is 12.6. The number of sulfonamides is 1. The highest BCUT2D eigenvalue weighted by Crippen LogP contribution is 2.46. The summed E-state index contributed by atoms with van der Waals surface area (Å²) in [5.41, 5.74) is 3.13. The quantitative estimate of drug-likeness (QED) is 0.664. The number of benzene rings is 1. The summed E-state index contributed by atoms with van der Waals surface area (Å²) >= 11 is 0. The van der Waals surface area contributed by atoms with Gasteiger partial charge in [0.1, 0.15) is 0 Å². The molecule has 2 aliphatic carbocycles. The minimum atomic E-state index is -4.20. The van der Waals surface area contributed by atoms with Crippen LogP contribution < -0.4 is 10.0 Å². The summed E-state index contributed by atoms with van der Waals surface area (Å²) in [6.45, 7) is 5.19. The van der Waals surface area contributed by atoms with Gasteiger partial charge >= 0.3 is 6.03 Å². The number of urea groups is 1. The first-order valence-electron chi connectivity index (χ1n) is 9.86. The third kappa shape index (κ3) is 3.91. The Balaban J connectivity index is 1.54. The molecule has 7 nitrogen and oxygen atoms in total. The number of amides is 2. The first kappa shape index (κ1) is 20.0. The van der Waals surface area contributed by atoms with Crippen LogP contribution in [0.25, 0.3) is 0 Å². The van der Waals surface area contributed by atoms with Crippen LogP contribution in [0, 0.1) is 5.92 Å². The Morgan fingerprint density at radius 2 is 2.00 bits per heavy atom. The van der Waals surface area contributed by atoms with Gasteiger partial charge in [-0.05, 0) is 68.1 Å². The summed E-state index contributed by atoms with van der Waals surface area (Å²) in [5, 5.41) is 12.3. The van der Waals surface area contributed by atoms with Gasteiger partial charge in [0, 0.05) is 17.3 Å². The minimum Gasteiger partial charge on any atom is -0.451 e. The molecule has 1 atom stereocenters. The van der Waals surface area contributed by atoms with Gasteiger partial charge in [-0.3, -0.25) is 0 Å². The molecule has 2 amide bonds. The summed E-state index contributed by atoms with van der Waals surface area (Å²) in [5.74, 6) is 0.927. The topological polar surface area (TPSA) is 109 Å². The van der Waals surface area contributed by atoms with Crippen LogP contribution in [0.4, 0.5) is 10.5 Å². The van der Waals surface area contributed by atoms with Gasteiger partial charge in [-0.25, -0.2) is 9.52 Å². The fourth-order valence-corrected chi connectivity index (χ4v) is 4.63. The van der Waals surface area contributed by atoms with E-state index in [4.69, 9.17) is 4.42 Å². The van der Waals surface area contributed by atoms with E-state index in [1.807, 2.05) is 10.8 Å². The van der Waals surface area contributed by atoms with Crippen LogP contribution in [0.3, 0.4) is 0 Å². The molecule has 0 spiro atoms. The Bertz CT molecular complexity index is 1060. The van der Waals surface area contributed by atoms with Crippen molar-refractivity contribution in [2.75, 3.05) is 5.32 Å². The van der Waals surface area contributed by atoms with E-state index in [0.29, 0.717) is 17.4 Å². The second-order valence-electron chi connectivity index (χ2n) is 8.57. The Labute approximate surface area is 170 Å². The number of aliphatic hydroxyl groups is 1. The third-order valence-electron chi connectivity index (χ3n) is 5.92. The number of furan rings is 1. The van der Waals surface area contributed by atoms with E-state index in [0.717, 1.165) is 29.7 Å². The van der Waals surface area contributed by atoms with Crippen LogP contribution in [0.2, 0.25) is 0 Å². The second kappa shape index (κ2) is 6.88. The van der Waals surface area contributed by atoms with Gasteiger partial charge in [0.2, 0.25) is 5.09 Å². The van der Waals surface area contributed by atoms with E-state index >= 15 is 0 Å². The molecular formula is C21H26N2O5S. The molecule has 4 rings (SSSR count). The smallest absolute Gasteiger partial charge is 0.333 e. The predicted octanol–water partition coefficient (Wildman–Crippen LogP) is 3.63. The lowest BCUT2D eigenvalue weighted by Crippen LogP contribution is -2.35. The van der Waals surface area contributed by atoms with E-state index in [1.54, 1.807) is 0 Å². The molecule has 1 aromatic carbocycles. The lowest BCUT2D eigenvalue weighted by Gasteiger charge is -2.27. The molecule has 1 aromatic heterocycles. The van der Waals surface area contributed by atoms with Crippen molar-refractivity contribution >= 4 is 21.7 Å². The fraction of sp³-hybridized carbons (Fsp3) is 0.476. The Morgan fingerprint density at radius 1 is 1.28 bits per heavy atom. The maximum absolute atomic E-state index is 12.6. The highest BCUT2D eigenvalue weighted by Gasteiger charge is 2.33. The lowest BCUT2D eigenvalue weighted by atomic mass is 9.82. The Morgan fingerprint density at radius 3 is 2.55 bits per heavy atom. The molecule has 1 heterocycles. The fourth-order valence-electron chi connectivity index (χ4n) is 3.78. The van der Waals surface area contributed by atoms with Crippen LogP contribution in [0.1, 0.15) is 61.8 Å². The van der Waals surface area contributed by atoms with E-state index in [1.165, 1.54) is 44.6 Å². The first-order valence-corrected chi connectivity index (χ1v) is 11.3. The average Bonchev–Trinajstić information content (AvgIpc) is 3.29. The van der Waals surface area contributed by atoms with Crippen LogP contribution in [-0.4, -0.2) is 19.6 Å². The number of anilines is 1. The standard InChI is InChI=1S/C21H26N2O5S/c1-12(13-4-5-13)16-8-6-14-7-9-17(14)19(16)22-20(24)23-29(26,27)18-10-15(11-28-18)21(2,3)25/h6,8,10-13,25H,4-5,7,9H2,1-3H3,(H2,22,23,24). The highest BCUT2D eigenvalue weighted by atomic mass is 32.2. The number of rotatable bonds is 6. The first-order chi connectivity index (χ1) is 13.6. The van der Waals surface area contributed by atoms with E-state index in [-0.39, 0.29) is 0 Å². The zero-order chi connectivity index (χ0) is 21.0. The molecule has 1 fully saturated rings. The molecule has 0 radical (unpaired) electrons. The molecule has 0 saturated heterocycles. The van der Waals surface area contributed by atoms with Gasteiger partial charge in [0.25, 0.3) is 10.0 Å². The van der Waals surface area contributed by atoms with Crippen molar-refractivity contribution < 1.29 is 22.7 Å². The average molecular weight is 419 g/mol. The number of carbonyl (C=O) groups excluding carboxylic acids is 1. The van der Waals surface area contributed by atoms with Gasteiger partial charge in [-0.2, -0.15) is 8.42 Å². The molecule has 2 aliphatic rings. The van der Waals surface area contributed by atoms with Crippen molar-refractivity contribution in [1.29, 1.82) is 0 Å². The SMILES string of the molecule is CC(c1ccc2c(c1NC(=O)NS(=O)(=O)c1cc(C(C)(C)O)co1)CC2)C1CC1. The summed E-state index contributed by atoms with van der Waals surface area (Å²) in [6.07, 6.45) is 5.37. The summed E-state index contributed by atoms with van der Waals surface area (Å²) < 4.78 is 32.1. The Hall–Kier alpha value is -2.32. The van der Waals surface area contributed by atoms with E-state index in [9.17, 15) is 18.3 Å². The third-order valence-corrected chi connectivity index (χ3v) is 7.12. The molecule has 0 aliphatic heterocycles. The molecule has 0 bridgehead atoms. The molecule has 29 heavy (non-hydrogen) atoms. The molecular weight excluding hydrogens is 392 g/mol. The largest absolute Gasteiger partial charge is 0.451 e. The molecule has 1 unspecified atom stereocenters. The van der Waals surface area contributed by atoms with Gasteiger partial charge in [-0.1, -0.05) is 19.1 Å². The van der Waals surface area contributed by atoms with Crippen molar-refractivity contribution in [1.82, 2.24) is 4.72 Å². The molecule has 8 heteroatoms. The zero-order valence-electron chi connectivity index (χ0n) is 16.8. The highest BCUT2D eigenvalue weighted by molar-refractivity contribution is 7.89. The lowest BCUT2D eigenvalue weighted by molar-refractivity contribution is 0.0779.